The highest BCUT2D eigenvalue weighted by Gasteiger charge is 2.31. The van der Waals surface area contributed by atoms with Gasteiger partial charge in [-0.1, -0.05) is 26.7 Å². The average molecular weight is 291 g/mol. The van der Waals surface area contributed by atoms with E-state index in [1.54, 1.807) is 11.4 Å². The summed E-state index contributed by atoms with van der Waals surface area (Å²) in [5, 5.41) is 9.13. The van der Waals surface area contributed by atoms with Crippen LogP contribution in [0, 0.1) is 11.8 Å². The molecule has 0 aliphatic heterocycles. The molecule has 19 heavy (non-hydrogen) atoms. The molecule has 0 aromatic rings. The molecule has 114 valence electrons. The zero-order chi connectivity index (χ0) is 14.5. The second-order valence-corrected chi connectivity index (χ2v) is 7.91. The van der Waals surface area contributed by atoms with Crippen LogP contribution in [0.5, 0.6) is 0 Å². The van der Waals surface area contributed by atoms with Gasteiger partial charge in [-0.05, 0) is 37.5 Å². The van der Waals surface area contributed by atoms with Crippen LogP contribution in [-0.4, -0.2) is 43.3 Å². The topological polar surface area (TPSA) is 57.6 Å². The maximum Gasteiger partial charge on any atom is 0.214 e. The molecule has 1 saturated carbocycles. The van der Waals surface area contributed by atoms with E-state index >= 15 is 0 Å². The van der Waals surface area contributed by atoms with Crippen LogP contribution in [0.4, 0.5) is 0 Å². The van der Waals surface area contributed by atoms with Crippen LogP contribution in [0.2, 0.25) is 0 Å². The fourth-order valence-corrected chi connectivity index (χ4v) is 4.83. The predicted octanol–water partition coefficient (Wildman–Crippen LogP) is 2.24. The molecule has 4 nitrogen and oxygen atoms in total. The lowest BCUT2D eigenvalue weighted by molar-refractivity contribution is 0.159. The van der Waals surface area contributed by atoms with Crippen LogP contribution in [0.25, 0.3) is 0 Å². The monoisotopic (exact) mass is 291 g/mol. The van der Waals surface area contributed by atoms with Crippen molar-refractivity contribution in [3.8, 4) is 0 Å². The first-order valence-electron chi connectivity index (χ1n) is 7.51. The molecule has 0 aromatic heterocycles. The Morgan fingerprint density at radius 1 is 1.16 bits per heavy atom. The summed E-state index contributed by atoms with van der Waals surface area (Å²) >= 11 is 0. The van der Waals surface area contributed by atoms with Gasteiger partial charge in [-0.15, -0.1) is 0 Å². The van der Waals surface area contributed by atoms with Crippen LogP contribution < -0.4 is 0 Å². The molecule has 0 spiro atoms. The van der Waals surface area contributed by atoms with Crippen molar-refractivity contribution in [1.82, 2.24) is 4.31 Å². The Kier molecular flexibility index (Phi) is 6.77. The molecular formula is C14H29NO3S. The number of aliphatic hydroxyl groups is 1. The van der Waals surface area contributed by atoms with E-state index in [9.17, 15) is 8.42 Å². The van der Waals surface area contributed by atoms with E-state index in [1.165, 1.54) is 0 Å². The number of sulfonamides is 1. The van der Waals surface area contributed by atoms with Crippen LogP contribution in [0.3, 0.4) is 0 Å². The maximum absolute atomic E-state index is 12.4. The van der Waals surface area contributed by atoms with Gasteiger partial charge in [-0.25, -0.2) is 12.7 Å². The quantitative estimate of drug-likeness (QED) is 0.782. The van der Waals surface area contributed by atoms with Gasteiger partial charge in [-0.3, -0.25) is 0 Å². The Hall–Kier alpha value is -0.130. The van der Waals surface area contributed by atoms with Gasteiger partial charge in [0.05, 0.1) is 5.75 Å². The summed E-state index contributed by atoms with van der Waals surface area (Å²) in [7, 11) is -1.41. The number of aliphatic hydroxyl groups excluding tert-OH is 1. The molecule has 1 fully saturated rings. The van der Waals surface area contributed by atoms with Gasteiger partial charge in [0, 0.05) is 19.7 Å². The van der Waals surface area contributed by atoms with Crippen LogP contribution >= 0.6 is 0 Å². The van der Waals surface area contributed by atoms with Crippen LogP contribution in [0.1, 0.15) is 52.4 Å². The summed E-state index contributed by atoms with van der Waals surface area (Å²) in [5.74, 6) is 0.906. The molecule has 1 N–H and O–H groups in total. The molecule has 0 bridgehead atoms. The normalized spacial score (nSPS) is 25.2. The van der Waals surface area contributed by atoms with Gasteiger partial charge in [0.15, 0.2) is 0 Å². The van der Waals surface area contributed by atoms with E-state index < -0.39 is 10.0 Å². The minimum atomic E-state index is -3.14. The van der Waals surface area contributed by atoms with Crippen molar-refractivity contribution < 1.29 is 13.5 Å². The summed E-state index contributed by atoms with van der Waals surface area (Å²) in [5.41, 5.74) is 0. The largest absolute Gasteiger partial charge is 0.396 e. The summed E-state index contributed by atoms with van der Waals surface area (Å²) in [6.07, 6.45) is 5.47. The van der Waals surface area contributed by atoms with E-state index in [1.807, 2.05) is 0 Å². The second kappa shape index (κ2) is 7.60. The third-order valence-corrected chi connectivity index (χ3v) is 6.70. The van der Waals surface area contributed by atoms with E-state index in [0.29, 0.717) is 5.92 Å². The van der Waals surface area contributed by atoms with Crippen LogP contribution in [0.15, 0.2) is 0 Å². The molecule has 0 heterocycles. The molecule has 1 aliphatic carbocycles. The third kappa shape index (κ3) is 4.72. The van der Waals surface area contributed by atoms with Gasteiger partial charge >= 0.3 is 0 Å². The molecule has 0 amide bonds. The van der Waals surface area contributed by atoms with Crippen LogP contribution in [-0.2, 0) is 10.0 Å². The Morgan fingerprint density at radius 3 is 2.11 bits per heavy atom. The van der Waals surface area contributed by atoms with Crippen molar-refractivity contribution in [2.24, 2.45) is 11.8 Å². The highest BCUT2D eigenvalue weighted by atomic mass is 32.2. The van der Waals surface area contributed by atoms with Gasteiger partial charge < -0.3 is 5.11 Å². The molecule has 0 radical (unpaired) electrons. The minimum Gasteiger partial charge on any atom is -0.396 e. The van der Waals surface area contributed by atoms with Gasteiger partial charge in [0.2, 0.25) is 10.0 Å². The van der Waals surface area contributed by atoms with Gasteiger partial charge in [0.1, 0.15) is 0 Å². The highest BCUT2D eigenvalue weighted by molar-refractivity contribution is 7.89. The zero-order valence-electron chi connectivity index (χ0n) is 12.5. The maximum atomic E-state index is 12.4. The SMILES string of the molecule is CCC(CC)CS(=O)(=O)N(C)C1CCC(CO)CC1. The fraction of sp³-hybridized carbons (Fsp3) is 1.00. The molecule has 5 heteroatoms. The van der Waals surface area contributed by atoms with Crippen molar-refractivity contribution in [2.45, 2.75) is 58.4 Å². The van der Waals surface area contributed by atoms with E-state index in [0.717, 1.165) is 38.5 Å². The van der Waals surface area contributed by atoms with Gasteiger partial charge in [-0.2, -0.15) is 0 Å². The first-order valence-corrected chi connectivity index (χ1v) is 9.12. The lowest BCUT2D eigenvalue weighted by Crippen LogP contribution is -2.42. The lowest BCUT2D eigenvalue weighted by atomic mass is 9.87. The molecule has 1 rings (SSSR count). The zero-order valence-corrected chi connectivity index (χ0v) is 13.3. The fourth-order valence-electron chi connectivity index (χ4n) is 2.86. The third-order valence-electron chi connectivity index (χ3n) is 4.63. The molecule has 0 aromatic carbocycles. The van der Waals surface area contributed by atoms with E-state index in [2.05, 4.69) is 13.8 Å². The van der Waals surface area contributed by atoms with E-state index in [-0.39, 0.29) is 24.3 Å². The Morgan fingerprint density at radius 2 is 1.68 bits per heavy atom. The summed E-state index contributed by atoms with van der Waals surface area (Å²) in [6, 6.07) is 0.127. The lowest BCUT2D eigenvalue weighted by Gasteiger charge is -2.34. The number of hydrogen-bond acceptors (Lipinski definition) is 3. The van der Waals surface area contributed by atoms with Crippen molar-refractivity contribution in [3.05, 3.63) is 0 Å². The Balaban J connectivity index is 2.58. The average Bonchev–Trinajstić information content (AvgIpc) is 2.44. The summed E-state index contributed by atoms with van der Waals surface area (Å²) in [6.45, 7) is 4.34. The molecule has 0 saturated heterocycles. The van der Waals surface area contributed by atoms with Gasteiger partial charge in [0.25, 0.3) is 0 Å². The molecular weight excluding hydrogens is 262 g/mol. The van der Waals surface area contributed by atoms with Crippen molar-refractivity contribution in [3.63, 3.8) is 0 Å². The second-order valence-electron chi connectivity index (χ2n) is 5.83. The van der Waals surface area contributed by atoms with Crippen molar-refractivity contribution >= 4 is 10.0 Å². The molecule has 0 atom stereocenters. The predicted molar refractivity (Wildman–Crippen MR) is 78.5 cm³/mol. The summed E-state index contributed by atoms with van der Waals surface area (Å²) in [4.78, 5) is 0. The van der Waals surface area contributed by atoms with E-state index in [4.69, 9.17) is 5.11 Å². The number of nitrogens with zero attached hydrogens (tertiary/aromatic N) is 1. The highest BCUT2D eigenvalue weighted by Crippen LogP contribution is 2.28. The number of hydrogen-bond donors (Lipinski definition) is 1. The summed E-state index contributed by atoms with van der Waals surface area (Å²) < 4.78 is 26.4. The van der Waals surface area contributed by atoms with Crippen molar-refractivity contribution in [2.75, 3.05) is 19.4 Å². The molecule has 0 unspecified atom stereocenters. The Bertz CT molecular complexity index is 344. The molecule has 1 aliphatic rings. The smallest absolute Gasteiger partial charge is 0.214 e. The number of rotatable bonds is 7. The first-order chi connectivity index (χ1) is 8.94. The standard InChI is InChI=1S/C14H29NO3S/c1-4-12(5-2)11-19(17,18)15(3)14-8-6-13(10-16)7-9-14/h12-14,16H,4-11H2,1-3H3. The van der Waals surface area contributed by atoms with Crippen molar-refractivity contribution in [1.29, 1.82) is 0 Å². The Labute approximate surface area is 118 Å². The minimum absolute atomic E-state index is 0.127. The first kappa shape index (κ1) is 16.9.